The second-order valence-electron chi connectivity index (χ2n) is 5.13. The zero-order valence-corrected chi connectivity index (χ0v) is 14.2. The Bertz CT molecular complexity index is 904. The van der Waals surface area contributed by atoms with Crippen molar-refractivity contribution in [2.75, 3.05) is 0 Å². The molecule has 2 N–H and O–H groups in total. The monoisotopic (exact) mass is 376 g/mol. The van der Waals surface area contributed by atoms with Crippen LogP contribution in [0.1, 0.15) is 18.7 Å². The lowest BCUT2D eigenvalue weighted by molar-refractivity contribution is 0.729. The van der Waals surface area contributed by atoms with Gasteiger partial charge in [0.05, 0.1) is 16.1 Å². The minimum Gasteiger partial charge on any atom is -0.323 e. The molecule has 5 heteroatoms. The van der Waals surface area contributed by atoms with E-state index in [0.717, 1.165) is 21.2 Å². The Morgan fingerprint density at radius 1 is 1.14 bits per heavy atom. The molecule has 0 bridgehead atoms. The van der Waals surface area contributed by atoms with E-state index in [1.165, 1.54) is 0 Å². The second-order valence-corrected chi connectivity index (χ2v) is 6.33. The van der Waals surface area contributed by atoms with Gasteiger partial charge in [-0.3, -0.25) is 9.36 Å². The van der Waals surface area contributed by atoms with Crippen molar-refractivity contribution in [1.29, 1.82) is 0 Å². The number of para-hydroxylation sites is 1. The van der Waals surface area contributed by atoms with Crippen molar-refractivity contribution in [3.05, 3.63) is 74.1 Å². The van der Waals surface area contributed by atoms with Crippen molar-refractivity contribution in [3.63, 3.8) is 0 Å². The second kappa shape index (κ2) is 5.88. The quantitative estimate of drug-likeness (QED) is 0.718. The van der Waals surface area contributed by atoms with Crippen molar-refractivity contribution in [2.24, 2.45) is 5.73 Å². The van der Waals surface area contributed by atoms with E-state index in [0.29, 0.717) is 10.4 Å². The molecule has 0 aliphatic heterocycles. The molecule has 3 aromatic rings. The minimum atomic E-state index is -0.314. The number of fused-ring (bicyclic) bond motifs is 1. The molecule has 0 aliphatic rings. The molecule has 22 heavy (non-hydrogen) atoms. The molecule has 1 atom stereocenters. The van der Waals surface area contributed by atoms with Crippen LogP contribution in [0.4, 0.5) is 0 Å². The maximum atomic E-state index is 13.0. The largest absolute Gasteiger partial charge is 0.323 e. The van der Waals surface area contributed by atoms with Gasteiger partial charge < -0.3 is 5.73 Å². The lowest BCUT2D eigenvalue weighted by atomic mass is 10.1. The lowest BCUT2D eigenvalue weighted by Crippen LogP contribution is -2.26. The highest BCUT2D eigenvalue weighted by Crippen LogP contribution is 2.33. The SMILES string of the molecule is C[C@H](N)c1c(Br)c2cccc(Cl)c2c(=O)n1-c1ccccc1. The maximum Gasteiger partial charge on any atom is 0.264 e. The van der Waals surface area contributed by atoms with Gasteiger partial charge in [0.2, 0.25) is 0 Å². The van der Waals surface area contributed by atoms with E-state index >= 15 is 0 Å². The third-order valence-electron chi connectivity index (χ3n) is 3.58. The first-order chi connectivity index (χ1) is 10.5. The smallest absolute Gasteiger partial charge is 0.264 e. The van der Waals surface area contributed by atoms with Crippen molar-refractivity contribution < 1.29 is 0 Å². The summed E-state index contributed by atoms with van der Waals surface area (Å²) in [6.07, 6.45) is 0. The Morgan fingerprint density at radius 2 is 1.82 bits per heavy atom. The van der Waals surface area contributed by atoms with Gasteiger partial charge in [-0.15, -0.1) is 0 Å². The summed E-state index contributed by atoms with van der Waals surface area (Å²) in [7, 11) is 0. The molecule has 0 unspecified atom stereocenters. The Kier molecular flexibility index (Phi) is 4.08. The maximum absolute atomic E-state index is 13.0. The Morgan fingerprint density at radius 3 is 2.45 bits per heavy atom. The summed E-state index contributed by atoms with van der Waals surface area (Å²) < 4.78 is 2.42. The summed E-state index contributed by atoms with van der Waals surface area (Å²) in [5.74, 6) is 0. The van der Waals surface area contributed by atoms with Crippen LogP contribution in [0.2, 0.25) is 5.02 Å². The Labute approximate surface area is 141 Å². The molecule has 3 nitrogen and oxygen atoms in total. The molecular weight excluding hydrogens is 364 g/mol. The van der Waals surface area contributed by atoms with Crippen LogP contribution in [0, 0.1) is 0 Å². The summed E-state index contributed by atoms with van der Waals surface area (Å²) in [5.41, 5.74) is 7.46. The van der Waals surface area contributed by atoms with Gasteiger partial charge in [0, 0.05) is 21.6 Å². The molecule has 0 spiro atoms. The third kappa shape index (κ3) is 2.37. The van der Waals surface area contributed by atoms with E-state index in [9.17, 15) is 4.79 Å². The molecule has 0 radical (unpaired) electrons. The van der Waals surface area contributed by atoms with Crippen LogP contribution >= 0.6 is 27.5 Å². The number of nitrogens with two attached hydrogens (primary N) is 1. The average molecular weight is 378 g/mol. The zero-order chi connectivity index (χ0) is 15.9. The standard InChI is InChI=1S/C17H14BrClN2O/c1-10(20)16-15(18)12-8-5-9-13(19)14(12)17(22)21(16)11-6-3-2-4-7-11/h2-10H,20H2,1H3/t10-/m0/s1. The Hall–Kier alpha value is -1.62. The van der Waals surface area contributed by atoms with Gasteiger partial charge in [-0.2, -0.15) is 0 Å². The van der Waals surface area contributed by atoms with Gasteiger partial charge in [0.1, 0.15) is 0 Å². The molecule has 0 amide bonds. The van der Waals surface area contributed by atoms with E-state index in [1.807, 2.05) is 49.4 Å². The molecule has 0 fully saturated rings. The number of rotatable bonds is 2. The van der Waals surface area contributed by atoms with Gasteiger partial charge in [0.25, 0.3) is 5.56 Å². The molecule has 112 valence electrons. The van der Waals surface area contributed by atoms with Gasteiger partial charge in [-0.05, 0) is 41.1 Å². The molecule has 1 heterocycles. The average Bonchev–Trinajstić information content (AvgIpc) is 2.50. The first-order valence-electron chi connectivity index (χ1n) is 6.86. The first kappa shape index (κ1) is 15.3. The highest BCUT2D eigenvalue weighted by atomic mass is 79.9. The number of nitrogens with zero attached hydrogens (tertiary/aromatic N) is 1. The van der Waals surface area contributed by atoms with E-state index in [-0.39, 0.29) is 11.6 Å². The van der Waals surface area contributed by atoms with Crippen LogP contribution in [-0.4, -0.2) is 4.57 Å². The van der Waals surface area contributed by atoms with Gasteiger partial charge in [0.15, 0.2) is 0 Å². The summed E-state index contributed by atoms with van der Waals surface area (Å²) in [6.45, 7) is 1.86. The summed E-state index contributed by atoms with van der Waals surface area (Å²) in [6, 6.07) is 14.5. The molecule has 2 aromatic carbocycles. The van der Waals surface area contributed by atoms with Crippen molar-refractivity contribution in [3.8, 4) is 5.69 Å². The Balaban J connectivity index is 2.55. The van der Waals surface area contributed by atoms with Crippen LogP contribution in [0.25, 0.3) is 16.5 Å². The topological polar surface area (TPSA) is 48.0 Å². The fourth-order valence-electron chi connectivity index (χ4n) is 2.62. The predicted octanol–water partition coefficient (Wildman–Crippen LogP) is 4.43. The summed E-state index contributed by atoms with van der Waals surface area (Å²) in [5, 5.41) is 1.70. The van der Waals surface area contributed by atoms with Crippen LogP contribution in [-0.2, 0) is 0 Å². The minimum absolute atomic E-state index is 0.165. The van der Waals surface area contributed by atoms with Gasteiger partial charge in [-0.25, -0.2) is 0 Å². The van der Waals surface area contributed by atoms with E-state index < -0.39 is 0 Å². The van der Waals surface area contributed by atoms with Gasteiger partial charge in [-0.1, -0.05) is 41.9 Å². The predicted molar refractivity (Wildman–Crippen MR) is 94.9 cm³/mol. The highest BCUT2D eigenvalue weighted by molar-refractivity contribution is 9.10. The molecule has 0 saturated carbocycles. The molecule has 0 saturated heterocycles. The molecule has 3 rings (SSSR count). The van der Waals surface area contributed by atoms with Crippen molar-refractivity contribution >= 4 is 38.3 Å². The molecule has 0 aliphatic carbocycles. The normalized spacial score (nSPS) is 12.5. The van der Waals surface area contributed by atoms with Crippen molar-refractivity contribution in [1.82, 2.24) is 4.57 Å². The number of pyridine rings is 1. The lowest BCUT2D eigenvalue weighted by Gasteiger charge is -2.20. The molecular formula is C17H14BrClN2O. The van der Waals surface area contributed by atoms with Crippen LogP contribution in [0.5, 0.6) is 0 Å². The van der Waals surface area contributed by atoms with Crippen LogP contribution in [0.3, 0.4) is 0 Å². The van der Waals surface area contributed by atoms with Crippen LogP contribution < -0.4 is 11.3 Å². The van der Waals surface area contributed by atoms with E-state index in [1.54, 1.807) is 10.6 Å². The van der Waals surface area contributed by atoms with E-state index in [4.69, 9.17) is 17.3 Å². The fourth-order valence-corrected chi connectivity index (χ4v) is 3.74. The fraction of sp³-hybridized carbons (Fsp3) is 0.118. The summed E-state index contributed by atoms with van der Waals surface area (Å²) >= 11 is 9.86. The number of aromatic nitrogens is 1. The van der Waals surface area contributed by atoms with E-state index in [2.05, 4.69) is 15.9 Å². The number of hydrogen-bond acceptors (Lipinski definition) is 2. The molecule has 1 aromatic heterocycles. The highest BCUT2D eigenvalue weighted by Gasteiger charge is 2.20. The van der Waals surface area contributed by atoms with Gasteiger partial charge >= 0.3 is 0 Å². The number of halogens is 2. The third-order valence-corrected chi connectivity index (χ3v) is 4.73. The van der Waals surface area contributed by atoms with Crippen molar-refractivity contribution in [2.45, 2.75) is 13.0 Å². The zero-order valence-electron chi connectivity index (χ0n) is 11.9. The summed E-state index contributed by atoms with van der Waals surface area (Å²) in [4.78, 5) is 13.0. The van der Waals surface area contributed by atoms with Crippen LogP contribution in [0.15, 0.2) is 57.8 Å². The first-order valence-corrected chi connectivity index (χ1v) is 8.03. The number of benzene rings is 2. The number of hydrogen-bond donors (Lipinski definition) is 1.